The quantitative estimate of drug-likeness (QED) is 0.589. The smallest absolute Gasteiger partial charge is 0.306 e. The van der Waals surface area contributed by atoms with Crippen LogP contribution in [-0.2, 0) is 19.4 Å². The molecule has 5 nitrogen and oxygen atoms in total. The number of sulfone groups is 1. The summed E-state index contributed by atoms with van der Waals surface area (Å²) < 4.78 is 29.1. The second-order valence-electron chi connectivity index (χ2n) is 6.15. The highest BCUT2D eigenvalue weighted by atomic mass is 32.2. The predicted molar refractivity (Wildman–Crippen MR) is 83.9 cm³/mol. The van der Waals surface area contributed by atoms with E-state index in [1.165, 1.54) is 7.11 Å². The highest BCUT2D eigenvalue weighted by Crippen LogP contribution is 2.50. The van der Waals surface area contributed by atoms with Crippen molar-refractivity contribution in [2.24, 2.45) is 5.41 Å². The van der Waals surface area contributed by atoms with Crippen LogP contribution >= 0.6 is 0 Å². The van der Waals surface area contributed by atoms with Crippen molar-refractivity contribution in [2.75, 3.05) is 25.2 Å². The first-order chi connectivity index (χ1) is 9.86. The van der Waals surface area contributed by atoms with Gasteiger partial charge in [-0.15, -0.1) is 0 Å². The Morgan fingerprint density at radius 2 is 2.00 bits per heavy atom. The molecule has 1 rings (SSSR count). The van der Waals surface area contributed by atoms with Crippen LogP contribution in [0.4, 0.5) is 0 Å². The molecule has 1 saturated carbocycles. The number of hydrogen-bond acceptors (Lipinski definition) is 5. The Hall–Kier alpha value is -0.620. The highest BCUT2D eigenvalue weighted by molar-refractivity contribution is 7.91. The first kappa shape index (κ1) is 18.4. The first-order valence-corrected chi connectivity index (χ1v) is 9.69. The average molecular weight is 319 g/mol. The summed E-state index contributed by atoms with van der Waals surface area (Å²) in [5, 5.41) is 3.36. The maximum absolute atomic E-state index is 12.2. The minimum atomic E-state index is -3.08. The van der Waals surface area contributed by atoms with Crippen molar-refractivity contribution in [3.05, 3.63) is 0 Å². The first-order valence-electron chi connectivity index (χ1n) is 7.87. The number of carbonyl (C=O) groups excluding carboxylic acids is 1. The molecule has 0 radical (unpaired) electrons. The van der Waals surface area contributed by atoms with Crippen LogP contribution in [0.2, 0.25) is 0 Å². The Kier molecular flexibility index (Phi) is 7.13. The molecule has 0 aromatic heterocycles. The van der Waals surface area contributed by atoms with Crippen LogP contribution < -0.4 is 5.32 Å². The number of rotatable bonds is 11. The third kappa shape index (κ3) is 6.78. The van der Waals surface area contributed by atoms with Gasteiger partial charge in [-0.25, -0.2) is 8.42 Å². The SMILES string of the molecule is CCNC(CC)CCCS(=O)(=O)CC1(CC(=O)OC)CC1. The Morgan fingerprint density at radius 3 is 2.48 bits per heavy atom. The number of esters is 1. The molecule has 1 aliphatic rings. The number of hydrogen-bond donors (Lipinski definition) is 1. The van der Waals surface area contributed by atoms with Crippen molar-refractivity contribution in [2.45, 2.75) is 58.4 Å². The standard InChI is InChI=1S/C15H29NO4S/c1-4-13(16-5-2)7-6-10-21(18,19)12-15(8-9-15)11-14(17)20-3/h13,16H,4-12H2,1-3H3. The summed E-state index contributed by atoms with van der Waals surface area (Å²) in [6, 6.07) is 0.398. The van der Waals surface area contributed by atoms with Crippen LogP contribution in [0, 0.1) is 5.41 Å². The van der Waals surface area contributed by atoms with E-state index in [0.717, 1.165) is 32.2 Å². The van der Waals surface area contributed by atoms with Gasteiger partial charge in [-0.1, -0.05) is 13.8 Å². The van der Waals surface area contributed by atoms with Crippen LogP contribution in [0.25, 0.3) is 0 Å². The van der Waals surface area contributed by atoms with Crippen molar-refractivity contribution < 1.29 is 17.9 Å². The lowest BCUT2D eigenvalue weighted by Crippen LogP contribution is -2.29. The lowest BCUT2D eigenvalue weighted by atomic mass is 10.1. The van der Waals surface area contributed by atoms with Gasteiger partial charge in [-0.2, -0.15) is 0 Å². The fraction of sp³-hybridized carbons (Fsp3) is 0.933. The molecule has 124 valence electrons. The molecule has 0 heterocycles. The minimum absolute atomic E-state index is 0.132. The van der Waals surface area contributed by atoms with Gasteiger partial charge in [0.05, 0.1) is 25.0 Å². The second kappa shape index (κ2) is 8.13. The van der Waals surface area contributed by atoms with E-state index in [0.29, 0.717) is 12.5 Å². The number of ether oxygens (including phenoxy) is 1. The molecule has 0 bridgehead atoms. The lowest BCUT2D eigenvalue weighted by Gasteiger charge is -2.17. The van der Waals surface area contributed by atoms with E-state index in [2.05, 4.69) is 23.9 Å². The summed E-state index contributed by atoms with van der Waals surface area (Å²) in [5.74, 6) is 0.0474. The molecular weight excluding hydrogens is 290 g/mol. The van der Waals surface area contributed by atoms with Gasteiger partial charge in [0, 0.05) is 6.04 Å². The number of methoxy groups -OCH3 is 1. The molecule has 0 aromatic rings. The maximum atomic E-state index is 12.2. The zero-order valence-electron chi connectivity index (χ0n) is 13.5. The molecular formula is C15H29NO4S. The van der Waals surface area contributed by atoms with Gasteiger partial charge in [0.2, 0.25) is 0 Å². The molecule has 1 unspecified atom stereocenters. The maximum Gasteiger partial charge on any atom is 0.306 e. The normalized spacial score (nSPS) is 18.2. The zero-order valence-corrected chi connectivity index (χ0v) is 14.3. The van der Waals surface area contributed by atoms with E-state index >= 15 is 0 Å². The van der Waals surface area contributed by atoms with E-state index in [-0.39, 0.29) is 29.3 Å². The molecule has 1 N–H and O–H groups in total. The van der Waals surface area contributed by atoms with Gasteiger partial charge in [0.15, 0.2) is 9.84 Å². The van der Waals surface area contributed by atoms with Gasteiger partial charge in [-0.05, 0) is 44.1 Å². The van der Waals surface area contributed by atoms with Crippen LogP contribution in [0.15, 0.2) is 0 Å². The molecule has 0 spiro atoms. The lowest BCUT2D eigenvalue weighted by molar-refractivity contribution is -0.141. The molecule has 0 aromatic carbocycles. The largest absolute Gasteiger partial charge is 0.469 e. The summed E-state index contributed by atoms with van der Waals surface area (Å²) in [4.78, 5) is 11.3. The van der Waals surface area contributed by atoms with Gasteiger partial charge in [0.1, 0.15) is 0 Å². The van der Waals surface area contributed by atoms with Gasteiger partial charge in [-0.3, -0.25) is 4.79 Å². The van der Waals surface area contributed by atoms with Crippen LogP contribution in [0.5, 0.6) is 0 Å². The van der Waals surface area contributed by atoms with Crippen LogP contribution in [-0.4, -0.2) is 45.6 Å². The van der Waals surface area contributed by atoms with Crippen molar-refractivity contribution in [1.29, 1.82) is 0 Å². The van der Waals surface area contributed by atoms with Crippen molar-refractivity contribution in [3.63, 3.8) is 0 Å². The topological polar surface area (TPSA) is 72.5 Å². The molecule has 6 heteroatoms. The summed E-state index contributed by atoms with van der Waals surface area (Å²) >= 11 is 0. The Balaban J connectivity index is 2.38. The van der Waals surface area contributed by atoms with Gasteiger partial charge in [0.25, 0.3) is 0 Å². The van der Waals surface area contributed by atoms with E-state index < -0.39 is 9.84 Å². The molecule has 21 heavy (non-hydrogen) atoms. The van der Waals surface area contributed by atoms with Crippen molar-refractivity contribution in [1.82, 2.24) is 5.32 Å². The van der Waals surface area contributed by atoms with E-state index in [4.69, 9.17) is 0 Å². The summed E-state index contributed by atoms with van der Waals surface area (Å²) in [7, 11) is -1.74. The van der Waals surface area contributed by atoms with E-state index in [9.17, 15) is 13.2 Å². The fourth-order valence-electron chi connectivity index (χ4n) is 2.75. The van der Waals surface area contributed by atoms with Gasteiger partial charge >= 0.3 is 5.97 Å². The molecule has 0 saturated heterocycles. The Labute approximate surface area is 128 Å². The summed E-state index contributed by atoms with van der Waals surface area (Å²) in [6.07, 6.45) is 4.44. The third-order valence-electron chi connectivity index (χ3n) is 4.22. The monoisotopic (exact) mass is 319 g/mol. The Bertz CT molecular complexity index is 429. The number of carbonyl (C=O) groups is 1. The van der Waals surface area contributed by atoms with Crippen molar-refractivity contribution >= 4 is 15.8 Å². The third-order valence-corrected chi connectivity index (χ3v) is 6.19. The van der Waals surface area contributed by atoms with Crippen LogP contribution in [0.1, 0.15) is 52.4 Å². The van der Waals surface area contributed by atoms with Gasteiger partial charge < -0.3 is 10.1 Å². The zero-order chi connectivity index (χ0) is 15.9. The fourth-order valence-corrected chi connectivity index (χ4v) is 4.83. The Morgan fingerprint density at radius 1 is 1.33 bits per heavy atom. The molecule has 0 amide bonds. The average Bonchev–Trinajstić information content (AvgIpc) is 3.15. The number of nitrogens with one attached hydrogen (secondary N) is 1. The van der Waals surface area contributed by atoms with Crippen molar-refractivity contribution in [3.8, 4) is 0 Å². The second-order valence-corrected chi connectivity index (χ2v) is 8.33. The summed E-state index contributed by atoms with van der Waals surface area (Å²) in [6.45, 7) is 5.08. The van der Waals surface area contributed by atoms with E-state index in [1.54, 1.807) is 0 Å². The molecule has 1 atom stereocenters. The molecule has 0 aliphatic heterocycles. The summed E-state index contributed by atoms with van der Waals surface area (Å²) in [5.41, 5.74) is -0.336. The van der Waals surface area contributed by atoms with Crippen LogP contribution in [0.3, 0.4) is 0 Å². The van der Waals surface area contributed by atoms with E-state index in [1.807, 2.05) is 0 Å². The molecule has 1 fully saturated rings. The molecule has 1 aliphatic carbocycles. The predicted octanol–water partition coefficient (Wildman–Crippen LogP) is 1.91. The minimum Gasteiger partial charge on any atom is -0.469 e. The highest BCUT2D eigenvalue weighted by Gasteiger charge is 2.47.